The molecule has 78 valence electrons. The Labute approximate surface area is 78.5 Å². The fourth-order valence-electron chi connectivity index (χ4n) is 0.835. The molecule has 0 fully saturated rings. The zero-order valence-electron chi connectivity index (χ0n) is 8.19. The number of hydrogen-bond acceptors (Lipinski definition) is 4. The summed E-state index contributed by atoms with van der Waals surface area (Å²) in [6.45, 7) is 3.91. The first-order valence-electron chi connectivity index (χ1n) is 4.53. The summed E-state index contributed by atoms with van der Waals surface area (Å²) in [7, 11) is 0. The third-order valence-corrected chi connectivity index (χ3v) is 1.62. The Balaban J connectivity index is 3.37. The second-order valence-electron chi connectivity index (χ2n) is 3.40. The smallest absolute Gasteiger partial charge is 0.337 e. The Kier molecular flexibility index (Phi) is 6.54. The van der Waals surface area contributed by atoms with E-state index in [2.05, 4.69) is 13.8 Å². The van der Waals surface area contributed by atoms with Crippen molar-refractivity contribution in [1.29, 1.82) is 0 Å². The van der Waals surface area contributed by atoms with Crippen LogP contribution in [0.2, 0.25) is 0 Å². The average Bonchev–Trinajstić information content (AvgIpc) is 2.10. The summed E-state index contributed by atoms with van der Waals surface area (Å²) in [6.07, 6.45) is 0.392. The summed E-state index contributed by atoms with van der Waals surface area (Å²) < 4.78 is 4.70. The highest BCUT2D eigenvalue weighted by Gasteiger charge is 2.14. The van der Waals surface area contributed by atoms with Crippen molar-refractivity contribution >= 4 is 5.97 Å². The van der Waals surface area contributed by atoms with Gasteiger partial charge in [0.2, 0.25) is 0 Å². The third kappa shape index (κ3) is 6.54. The van der Waals surface area contributed by atoms with E-state index in [0.717, 1.165) is 12.8 Å². The van der Waals surface area contributed by atoms with E-state index in [1.165, 1.54) is 0 Å². The molecule has 1 atom stereocenters. The zero-order chi connectivity index (χ0) is 10.3. The van der Waals surface area contributed by atoms with E-state index in [4.69, 9.17) is 14.9 Å². The number of rotatable bonds is 6. The van der Waals surface area contributed by atoms with E-state index in [9.17, 15) is 4.79 Å². The Bertz CT molecular complexity index is 145. The Hall–Kier alpha value is -0.610. The van der Waals surface area contributed by atoms with Crippen LogP contribution in [0, 0.1) is 5.92 Å². The molecular formula is C9H18O4. The van der Waals surface area contributed by atoms with Crippen LogP contribution in [0.15, 0.2) is 0 Å². The molecule has 0 saturated heterocycles. The average molecular weight is 190 g/mol. The van der Waals surface area contributed by atoms with Crippen molar-refractivity contribution in [3.63, 3.8) is 0 Å². The van der Waals surface area contributed by atoms with Crippen LogP contribution in [-0.2, 0) is 9.53 Å². The summed E-state index contributed by atoms with van der Waals surface area (Å²) in [6, 6.07) is 0. The van der Waals surface area contributed by atoms with E-state index < -0.39 is 18.7 Å². The SMILES string of the molecule is CC(C)CCCOC(=O)C(O)CO. The lowest BCUT2D eigenvalue weighted by Crippen LogP contribution is -2.26. The van der Waals surface area contributed by atoms with E-state index in [0.29, 0.717) is 12.5 Å². The fraction of sp³-hybridized carbons (Fsp3) is 0.889. The Morgan fingerprint density at radius 2 is 2.08 bits per heavy atom. The number of aliphatic hydroxyl groups is 2. The number of ether oxygens (including phenoxy) is 1. The van der Waals surface area contributed by atoms with Gasteiger partial charge in [-0.05, 0) is 18.8 Å². The van der Waals surface area contributed by atoms with Gasteiger partial charge in [-0.2, -0.15) is 0 Å². The molecule has 4 heteroatoms. The number of carbonyl (C=O) groups excluding carboxylic acids is 1. The fourth-order valence-corrected chi connectivity index (χ4v) is 0.835. The first-order chi connectivity index (χ1) is 6.07. The molecule has 13 heavy (non-hydrogen) atoms. The first kappa shape index (κ1) is 12.4. The van der Waals surface area contributed by atoms with Gasteiger partial charge in [0.1, 0.15) is 0 Å². The largest absolute Gasteiger partial charge is 0.464 e. The zero-order valence-corrected chi connectivity index (χ0v) is 8.19. The van der Waals surface area contributed by atoms with E-state index >= 15 is 0 Å². The minimum Gasteiger partial charge on any atom is -0.464 e. The van der Waals surface area contributed by atoms with Gasteiger partial charge in [0.15, 0.2) is 6.10 Å². The van der Waals surface area contributed by atoms with Gasteiger partial charge in [0.25, 0.3) is 0 Å². The molecule has 0 aliphatic heterocycles. The molecule has 0 aromatic rings. The molecule has 0 aromatic carbocycles. The van der Waals surface area contributed by atoms with Gasteiger partial charge in [-0.1, -0.05) is 13.8 Å². The normalized spacial score (nSPS) is 13.0. The Morgan fingerprint density at radius 1 is 1.46 bits per heavy atom. The summed E-state index contributed by atoms with van der Waals surface area (Å²) in [5.41, 5.74) is 0. The minimum absolute atomic E-state index is 0.314. The van der Waals surface area contributed by atoms with Gasteiger partial charge in [-0.15, -0.1) is 0 Å². The minimum atomic E-state index is -1.39. The van der Waals surface area contributed by atoms with Crippen molar-refractivity contribution in [2.45, 2.75) is 32.8 Å². The molecular weight excluding hydrogens is 172 g/mol. The standard InChI is InChI=1S/C9H18O4/c1-7(2)4-3-5-13-9(12)8(11)6-10/h7-8,10-11H,3-6H2,1-2H3. The van der Waals surface area contributed by atoms with Crippen LogP contribution >= 0.6 is 0 Å². The third-order valence-electron chi connectivity index (χ3n) is 1.62. The first-order valence-corrected chi connectivity index (χ1v) is 4.53. The lowest BCUT2D eigenvalue weighted by Gasteiger charge is -2.08. The number of esters is 1. The van der Waals surface area contributed by atoms with Crippen molar-refractivity contribution in [2.75, 3.05) is 13.2 Å². The lowest BCUT2D eigenvalue weighted by atomic mass is 10.1. The van der Waals surface area contributed by atoms with Crippen LogP contribution in [0.3, 0.4) is 0 Å². The van der Waals surface area contributed by atoms with Crippen LogP contribution in [0.25, 0.3) is 0 Å². The summed E-state index contributed by atoms with van der Waals surface area (Å²) in [5.74, 6) is -0.160. The maximum atomic E-state index is 10.8. The highest BCUT2D eigenvalue weighted by atomic mass is 16.5. The number of hydrogen-bond donors (Lipinski definition) is 2. The monoisotopic (exact) mass is 190 g/mol. The molecule has 0 rings (SSSR count). The van der Waals surface area contributed by atoms with Gasteiger partial charge >= 0.3 is 5.97 Å². The quantitative estimate of drug-likeness (QED) is 0.467. The molecule has 0 amide bonds. The van der Waals surface area contributed by atoms with Crippen molar-refractivity contribution in [2.24, 2.45) is 5.92 Å². The maximum absolute atomic E-state index is 10.8. The lowest BCUT2D eigenvalue weighted by molar-refractivity contribution is -0.155. The van der Waals surface area contributed by atoms with Crippen molar-refractivity contribution in [3.05, 3.63) is 0 Å². The molecule has 2 N–H and O–H groups in total. The molecule has 0 heterocycles. The predicted octanol–water partition coefficient (Wildman–Crippen LogP) is 0.319. The van der Waals surface area contributed by atoms with Crippen LogP contribution in [-0.4, -0.2) is 35.5 Å². The summed E-state index contributed by atoms with van der Waals surface area (Å²) >= 11 is 0. The highest BCUT2D eigenvalue weighted by molar-refractivity contribution is 5.74. The van der Waals surface area contributed by atoms with Crippen LogP contribution < -0.4 is 0 Å². The molecule has 0 spiro atoms. The van der Waals surface area contributed by atoms with Crippen LogP contribution in [0.5, 0.6) is 0 Å². The van der Waals surface area contributed by atoms with E-state index in [1.54, 1.807) is 0 Å². The predicted molar refractivity (Wildman–Crippen MR) is 48.1 cm³/mol. The molecule has 0 aromatic heterocycles. The van der Waals surface area contributed by atoms with Gasteiger partial charge in [-0.25, -0.2) is 4.79 Å². The summed E-state index contributed by atoms with van der Waals surface area (Å²) in [5, 5.41) is 17.2. The van der Waals surface area contributed by atoms with E-state index in [-0.39, 0.29) is 0 Å². The highest BCUT2D eigenvalue weighted by Crippen LogP contribution is 2.03. The molecule has 0 saturated carbocycles. The Morgan fingerprint density at radius 3 is 2.54 bits per heavy atom. The second-order valence-corrected chi connectivity index (χ2v) is 3.40. The molecule has 4 nitrogen and oxygen atoms in total. The van der Waals surface area contributed by atoms with Gasteiger partial charge < -0.3 is 14.9 Å². The van der Waals surface area contributed by atoms with Gasteiger partial charge in [0.05, 0.1) is 13.2 Å². The number of aliphatic hydroxyl groups excluding tert-OH is 2. The molecule has 0 bridgehead atoms. The topological polar surface area (TPSA) is 66.8 Å². The van der Waals surface area contributed by atoms with Crippen LogP contribution in [0.1, 0.15) is 26.7 Å². The van der Waals surface area contributed by atoms with Crippen LogP contribution in [0.4, 0.5) is 0 Å². The maximum Gasteiger partial charge on any atom is 0.337 e. The number of carbonyl (C=O) groups is 1. The van der Waals surface area contributed by atoms with Gasteiger partial charge in [-0.3, -0.25) is 0 Å². The second kappa shape index (κ2) is 6.86. The van der Waals surface area contributed by atoms with Crippen molar-refractivity contribution < 1.29 is 19.7 Å². The van der Waals surface area contributed by atoms with Gasteiger partial charge in [0, 0.05) is 0 Å². The molecule has 0 radical (unpaired) electrons. The van der Waals surface area contributed by atoms with E-state index in [1.807, 2.05) is 0 Å². The van der Waals surface area contributed by atoms with Crippen molar-refractivity contribution in [1.82, 2.24) is 0 Å². The molecule has 0 aliphatic carbocycles. The molecule has 1 unspecified atom stereocenters. The molecule has 0 aliphatic rings. The summed E-state index contributed by atoms with van der Waals surface area (Å²) in [4.78, 5) is 10.8. The van der Waals surface area contributed by atoms with Crippen molar-refractivity contribution in [3.8, 4) is 0 Å².